The molecule has 17 heteroatoms. The van der Waals surface area contributed by atoms with Crippen LogP contribution in [0, 0.1) is 81.3 Å². The Bertz CT molecular complexity index is 1210. The van der Waals surface area contributed by atoms with Crippen LogP contribution in [0.2, 0.25) is 0 Å². The average molecular weight is 815 g/mol. The van der Waals surface area contributed by atoms with Crippen LogP contribution < -0.4 is 0 Å². The van der Waals surface area contributed by atoms with Gasteiger partial charge in [0.1, 0.15) is 0 Å². The Morgan fingerprint density at radius 2 is 0.722 bits per heavy atom. The smallest absolute Gasteiger partial charge is 0.374 e. The molecule has 0 amide bonds. The average Bonchev–Trinajstić information content (AvgIpc) is 3.84. The third-order valence-electron chi connectivity index (χ3n) is 15.7. The van der Waals surface area contributed by atoms with E-state index in [0.717, 1.165) is 0 Å². The van der Waals surface area contributed by atoms with Crippen molar-refractivity contribution in [2.75, 3.05) is 0 Å². The fourth-order valence-corrected chi connectivity index (χ4v) is 10.7. The normalized spacial score (nSPS) is 41.2. The Hall–Kier alpha value is -1.13. The van der Waals surface area contributed by atoms with Crippen molar-refractivity contribution in [2.24, 2.45) is 81.3 Å². The Morgan fingerprint density at radius 1 is 0.370 bits per heavy atom. The first-order valence-corrected chi connectivity index (χ1v) is 18.6. The molecule has 54 heavy (non-hydrogen) atoms. The van der Waals surface area contributed by atoms with Gasteiger partial charge in [0.25, 0.3) is 0 Å². The van der Waals surface area contributed by atoms with Crippen molar-refractivity contribution in [1.82, 2.24) is 0 Å². The van der Waals surface area contributed by atoms with Gasteiger partial charge in [0.2, 0.25) is 0 Å². The molecule has 6 fully saturated rings. The van der Waals surface area contributed by atoms with Crippen LogP contribution in [0.4, 0.5) is 65.9 Å². The van der Waals surface area contributed by atoms with Crippen molar-refractivity contribution in [1.29, 1.82) is 0 Å². The molecular weight excluding hydrogens is 761 g/mol. The minimum atomic E-state index is -5.33. The maximum atomic E-state index is 13.1. The van der Waals surface area contributed by atoms with Crippen LogP contribution >= 0.6 is 0 Å². The summed E-state index contributed by atoms with van der Waals surface area (Å²) in [5.41, 5.74) is -8.91. The van der Waals surface area contributed by atoms with Crippen LogP contribution in [-0.4, -0.2) is 55.3 Å². The summed E-state index contributed by atoms with van der Waals surface area (Å²) in [6.07, 6.45) is -26.0. The quantitative estimate of drug-likeness (QED) is 0.264. The molecule has 0 spiro atoms. The van der Waals surface area contributed by atoms with Gasteiger partial charge in [-0.05, 0) is 92.8 Å². The Morgan fingerprint density at radius 3 is 1.02 bits per heavy atom. The van der Waals surface area contributed by atoms with Gasteiger partial charge in [-0.15, -0.1) is 0 Å². The van der Waals surface area contributed by atoms with E-state index in [1.54, 1.807) is 13.8 Å². The van der Waals surface area contributed by atoms with E-state index in [0.29, 0.717) is 25.7 Å². The zero-order valence-electron chi connectivity index (χ0n) is 32.0. The molecule has 2 nitrogen and oxygen atoms in total. The third-order valence-corrected chi connectivity index (χ3v) is 15.7. The van der Waals surface area contributed by atoms with Gasteiger partial charge in [0.05, 0.1) is 29.8 Å². The molecule has 2 saturated carbocycles. The van der Waals surface area contributed by atoms with Gasteiger partial charge in [-0.2, -0.15) is 65.9 Å². The standard InChI is InChI=1S/C13H18F6.C12H16F6O.C12H19F3O/c1-6-7(2)9-4-8(6)5-10(9)11(3,12(14,15)16)13(17,18)19;1-5-6(2)9-7(4-8(5)19-9)10(3,11(13,14)15)12(16,17)18;1-6-7(2)10-8(5-9(6)16-10)11(3,4)12(13,14)15/h6-10H,4-5H2,1-3H3;5-9H,4H2,1-3H3;6-10H,5H2,1-4H3. The monoisotopic (exact) mass is 814 g/mol. The molecule has 0 radical (unpaired) electrons. The second kappa shape index (κ2) is 14.0. The van der Waals surface area contributed by atoms with E-state index in [9.17, 15) is 65.9 Å². The van der Waals surface area contributed by atoms with E-state index in [1.807, 2.05) is 20.8 Å². The van der Waals surface area contributed by atoms with Crippen molar-refractivity contribution in [3.05, 3.63) is 0 Å². The molecule has 6 aliphatic rings. The zero-order chi connectivity index (χ0) is 41.9. The van der Waals surface area contributed by atoms with Crippen LogP contribution in [0.1, 0.15) is 94.9 Å². The number of alkyl halides is 15. The summed E-state index contributed by atoms with van der Waals surface area (Å²) in [4.78, 5) is 0. The number of hydrogen-bond donors (Lipinski definition) is 0. The number of ether oxygens (including phenoxy) is 2. The van der Waals surface area contributed by atoms with Gasteiger partial charge in [-0.1, -0.05) is 55.4 Å². The first-order valence-electron chi connectivity index (χ1n) is 18.6. The highest BCUT2D eigenvalue weighted by Crippen LogP contribution is 2.67. The third kappa shape index (κ3) is 7.06. The van der Waals surface area contributed by atoms with Gasteiger partial charge < -0.3 is 9.47 Å². The fourth-order valence-electron chi connectivity index (χ4n) is 10.7. The molecular formula is C37H53F15O2. The highest BCUT2D eigenvalue weighted by atomic mass is 19.4. The molecule has 6 rings (SSSR count). The molecule has 15 atom stereocenters. The Balaban J connectivity index is 0.000000181. The van der Waals surface area contributed by atoms with E-state index < -0.39 is 77.1 Å². The SMILES string of the molecule is CC1C2CC(C(C)(C(F)(F)F)C(F)(F)F)C(O2)C1C.CC1C2CC(C(C)(C)C(F)(F)F)C(O2)C1C.CC1C2CC(C1C)C(C(C)(C(F)(F)F)C(F)(F)F)C2. The summed E-state index contributed by atoms with van der Waals surface area (Å²) in [6, 6.07) is 0. The number of fused-ring (bicyclic) bond motifs is 6. The first kappa shape index (κ1) is 45.6. The molecule has 0 aromatic heterocycles. The van der Waals surface area contributed by atoms with Crippen molar-refractivity contribution < 1.29 is 75.3 Å². The lowest BCUT2D eigenvalue weighted by atomic mass is 9.63. The van der Waals surface area contributed by atoms with E-state index in [4.69, 9.17) is 9.47 Å². The summed E-state index contributed by atoms with van der Waals surface area (Å²) >= 11 is 0. The van der Waals surface area contributed by atoms with Crippen LogP contribution in [0.25, 0.3) is 0 Å². The van der Waals surface area contributed by atoms with E-state index in [-0.39, 0.29) is 73.4 Å². The minimum absolute atomic E-state index is 0.00645. The second-order valence-corrected chi connectivity index (χ2v) is 18.2. The lowest BCUT2D eigenvalue weighted by molar-refractivity contribution is -0.358. The van der Waals surface area contributed by atoms with Gasteiger partial charge in [-0.25, -0.2) is 0 Å². The topological polar surface area (TPSA) is 18.5 Å². The number of halogens is 15. The molecule has 15 unspecified atom stereocenters. The van der Waals surface area contributed by atoms with Crippen LogP contribution in [-0.2, 0) is 9.47 Å². The van der Waals surface area contributed by atoms with Crippen molar-refractivity contribution in [3.8, 4) is 0 Å². The highest BCUT2D eigenvalue weighted by Gasteiger charge is 2.76. The largest absolute Gasteiger partial charge is 0.403 e. The predicted octanol–water partition coefficient (Wildman–Crippen LogP) is 12.9. The number of hydrogen-bond acceptors (Lipinski definition) is 2. The summed E-state index contributed by atoms with van der Waals surface area (Å²) in [6.45, 7) is 14.5. The highest BCUT2D eigenvalue weighted by molar-refractivity contribution is 5.09. The number of rotatable bonds is 3. The fraction of sp³-hybridized carbons (Fsp3) is 1.00. The molecule has 4 heterocycles. The molecule has 0 aromatic carbocycles. The summed E-state index contributed by atoms with van der Waals surface area (Å²) < 4.78 is 207. The lowest BCUT2D eigenvalue weighted by Gasteiger charge is -2.45. The first-order chi connectivity index (χ1) is 24.0. The molecule has 0 N–H and O–H groups in total. The molecule has 4 aliphatic heterocycles. The van der Waals surface area contributed by atoms with Crippen LogP contribution in [0.15, 0.2) is 0 Å². The van der Waals surface area contributed by atoms with Gasteiger partial charge in [-0.3, -0.25) is 0 Å². The molecule has 0 aromatic rings. The Kier molecular flexibility index (Phi) is 11.8. The summed E-state index contributed by atoms with van der Waals surface area (Å²) in [7, 11) is 0. The lowest BCUT2D eigenvalue weighted by Crippen LogP contribution is -2.56. The van der Waals surface area contributed by atoms with E-state index in [2.05, 4.69) is 6.92 Å². The molecule has 4 saturated heterocycles. The van der Waals surface area contributed by atoms with E-state index in [1.165, 1.54) is 13.8 Å². The second-order valence-electron chi connectivity index (χ2n) is 18.2. The van der Waals surface area contributed by atoms with E-state index >= 15 is 0 Å². The summed E-state index contributed by atoms with van der Waals surface area (Å²) in [5, 5.41) is 0. The Labute approximate surface area is 307 Å². The van der Waals surface area contributed by atoms with Crippen molar-refractivity contribution in [3.63, 3.8) is 0 Å². The molecule has 318 valence electrons. The van der Waals surface area contributed by atoms with Gasteiger partial charge >= 0.3 is 30.9 Å². The van der Waals surface area contributed by atoms with Crippen LogP contribution in [0.3, 0.4) is 0 Å². The zero-order valence-corrected chi connectivity index (χ0v) is 32.0. The summed E-state index contributed by atoms with van der Waals surface area (Å²) in [5.74, 6) is -3.20. The van der Waals surface area contributed by atoms with Gasteiger partial charge in [0.15, 0.2) is 10.8 Å². The maximum Gasteiger partial charge on any atom is 0.403 e. The van der Waals surface area contributed by atoms with Crippen molar-refractivity contribution in [2.45, 2.75) is 150 Å². The van der Waals surface area contributed by atoms with Crippen LogP contribution in [0.5, 0.6) is 0 Å². The predicted molar refractivity (Wildman–Crippen MR) is 168 cm³/mol. The molecule has 6 bridgehead atoms. The maximum absolute atomic E-state index is 13.1. The van der Waals surface area contributed by atoms with Crippen molar-refractivity contribution >= 4 is 0 Å². The minimum Gasteiger partial charge on any atom is -0.374 e. The molecule has 2 aliphatic carbocycles. The van der Waals surface area contributed by atoms with Gasteiger partial charge in [0, 0.05) is 11.8 Å².